The standard InChI is InChI=1S/C20H24ClNO4S/c1-25-19(23)6-4-2-3-5-18-14-7-8-15(13-14)20(18)22-27(24)26-17-11-9-16(21)10-12-17/h3,5,7-12,14-15,18,20,22H,2,4,6,13H2,1H3/t14?,15?,18-,20?,27?/m0/s1. The van der Waals surface area contributed by atoms with Crippen molar-refractivity contribution < 1.29 is 17.9 Å². The highest BCUT2D eigenvalue weighted by Gasteiger charge is 2.44. The number of allylic oxidation sites excluding steroid dienone is 2. The second-order valence-electron chi connectivity index (χ2n) is 6.84. The lowest BCUT2D eigenvalue weighted by Crippen LogP contribution is -2.41. The highest BCUT2D eigenvalue weighted by molar-refractivity contribution is 7.78. The van der Waals surface area contributed by atoms with Gasteiger partial charge in [0.15, 0.2) is 0 Å². The van der Waals surface area contributed by atoms with Crippen LogP contribution < -0.4 is 8.91 Å². The number of halogens is 1. The van der Waals surface area contributed by atoms with Gasteiger partial charge in [0, 0.05) is 23.4 Å². The third kappa shape index (κ3) is 5.43. The van der Waals surface area contributed by atoms with Crippen molar-refractivity contribution in [2.75, 3.05) is 7.11 Å². The molecule has 0 saturated heterocycles. The van der Waals surface area contributed by atoms with E-state index in [1.165, 1.54) is 7.11 Å². The van der Waals surface area contributed by atoms with Gasteiger partial charge >= 0.3 is 5.97 Å². The molecule has 2 aliphatic carbocycles. The van der Waals surface area contributed by atoms with E-state index in [2.05, 4.69) is 33.8 Å². The van der Waals surface area contributed by atoms with Gasteiger partial charge in [-0.2, -0.15) is 8.93 Å². The molecular weight excluding hydrogens is 386 g/mol. The highest BCUT2D eigenvalue weighted by atomic mass is 35.5. The van der Waals surface area contributed by atoms with E-state index in [1.807, 2.05) is 0 Å². The fourth-order valence-corrected chi connectivity index (χ4v) is 4.74. The minimum absolute atomic E-state index is 0.0741. The third-order valence-electron chi connectivity index (χ3n) is 5.08. The van der Waals surface area contributed by atoms with E-state index in [4.69, 9.17) is 15.8 Å². The molecule has 1 aromatic rings. The number of benzene rings is 1. The van der Waals surface area contributed by atoms with E-state index in [-0.39, 0.29) is 17.9 Å². The van der Waals surface area contributed by atoms with Crippen LogP contribution in [0.15, 0.2) is 48.6 Å². The Balaban J connectivity index is 1.53. The molecule has 0 radical (unpaired) electrons. The summed E-state index contributed by atoms with van der Waals surface area (Å²) in [6, 6.07) is 6.87. The molecule has 2 bridgehead atoms. The SMILES string of the molecule is COC(=O)CCCC=C[C@H]1C2C=CC(C2)C1NS(=O)Oc1ccc(Cl)cc1. The van der Waals surface area contributed by atoms with E-state index >= 15 is 0 Å². The van der Waals surface area contributed by atoms with Crippen molar-refractivity contribution in [1.29, 1.82) is 0 Å². The Morgan fingerprint density at radius 2 is 2.04 bits per heavy atom. The number of methoxy groups -OCH3 is 1. The van der Waals surface area contributed by atoms with Gasteiger partial charge in [0.25, 0.3) is 11.3 Å². The zero-order chi connectivity index (χ0) is 19.2. The summed E-state index contributed by atoms with van der Waals surface area (Å²) in [5, 5.41) is 0.608. The van der Waals surface area contributed by atoms with Gasteiger partial charge < -0.3 is 8.92 Å². The molecule has 1 fully saturated rings. The summed E-state index contributed by atoms with van der Waals surface area (Å²) in [6.07, 6.45) is 11.8. The predicted octanol–water partition coefficient (Wildman–Crippen LogP) is 3.98. The molecule has 0 aromatic heterocycles. The molecule has 27 heavy (non-hydrogen) atoms. The summed E-state index contributed by atoms with van der Waals surface area (Å²) in [5.41, 5.74) is 0. The Morgan fingerprint density at radius 3 is 2.78 bits per heavy atom. The minimum atomic E-state index is -1.63. The number of nitrogens with one attached hydrogen (secondary N) is 1. The number of carbonyl (C=O) groups excluding carboxylic acids is 1. The Bertz CT molecular complexity index is 734. The number of esters is 1. The first kappa shape index (κ1) is 20.1. The smallest absolute Gasteiger partial charge is 0.305 e. The van der Waals surface area contributed by atoms with Crippen LogP contribution in [0.25, 0.3) is 0 Å². The lowest BCUT2D eigenvalue weighted by molar-refractivity contribution is -0.140. The molecule has 1 saturated carbocycles. The molecule has 5 atom stereocenters. The van der Waals surface area contributed by atoms with Crippen molar-refractivity contribution in [2.45, 2.75) is 31.7 Å². The Kier molecular flexibility index (Phi) is 7.10. The van der Waals surface area contributed by atoms with Crippen molar-refractivity contribution >= 4 is 28.8 Å². The van der Waals surface area contributed by atoms with Crippen LogP contribution in [-0.2, 0) is 20.8 Å². The van der Waals surface area contributed by atoms with Crippen molar-refractivity contribution in [1.82, 2.24) is 4.72 Å². The fourth-order valence-electron chi connectivity index (χ4n) is 3.72. The predicted molar refractivity (Wildman–Crippen MR) is 106 cm³/mol. The van der Waals surface area contributed by atoms with Gasteiger partial charge in [0.05, 0.1) is 7.11 Å². The van der Waals surface area contributed by atoms with Crippen LogP contribution in [-0.4, -0.2) is 23.3 Å². The van der Waals surface area contributed by atoms with Crippen LogP contribution >= 0.6 is 11.6 Å². The van der Waals surface area contributed by atoms with Crippen LogP contribution in [0.4, 0.5) is 0 Å². The summed E-state index contributed by atoms with van der Waals surface area (Å²) < 4.78 is 25.7. The average molecular weight is 410 g/mol. The Hall–Kier alpha value is -1.63. The topological polar surface area (TPSA) is 64.6 Å². The van der Waals surface area contributed by atoms with Gasteiger partial charge in [-0.1, -0.05) is 35.9 Å². The zero-order valence-electron chi connectivity index (χ0n) is 15.2. The largest absolute Gasteiger partial charge is 0.469 e. The van der Waals surface area contributed by atoms with E-state index < -0.39 is 11.3 Å². The van der Waals surface area contributed by atoms with E-state index in [1.54, 1.807) is 24.3 Å². The number of carbonyl (C=O) groups is 1. The number of fused-ring (bicyclic) bond motifs is 2. The van der Waals surface area contributed by atoms with Crippen molar-refractivity contribution in [3.8, 4) is 5.75 Å². The van der Waals surface area contributed by atoms with E-state index in [0.29, 0.717) is 29.0 Å². The second-order valence-corrected chi connectivity index (χ2v) is 8.15. The van der Waals surface area contributed by atoms with Crippen molar-refractivity contribution in [3.05, 3.63) is 53.6 Å². The molecule has 0 amide bonds. The molecule has 0 spiro atoms. The maximum absolute atomic E-state index is 12.4. The first-order chi connectivity index (χ1) is 13.1. The zero-order valence-corrected chi connectivity index (χ0v) is 16.7. The van der Waals surface area contributed by atoms with Gasteiger partial charge in [-0.3, -0.25) is 4.79 Å². The molecule has 3 rings (SSSR count). The number of ether oxygens (including phenoxy) is 1. The molecular formula is C20H24ClNO4S. The van der Waals surface area contributed by atoms with Crippen molar-refractivity contribution in [2.24, 2.45) is 17.8 Å². The molecule has 0 aliphatic heterocycles. The molecule has 1 aromatic carbocycles. The monoisotopic (exact) mass is 409 g/mol. The molecule has 2 aliphatic rings. The third-order valence-corrected chi connectivity index (χ3v) is 6.14. The highest BCUT2D eigenvalue weighted by Crippen LogP contribution is 2.44. The molecule has 1 N–H and O–H groups in total. The summed E-state index contributed by atoms with van der Waals surface area (Å²) in [4.78, 5) is 11.2. The van der Waals surface area contributed by atoms with Crippen LogP contribution in [0.5, 0.6) is 5.75 Å². The van der Waals surface area contributed by atoms with Gasteiger partial charge in [-0.05, 0) is 55.4 Å². The van der Waals surface area contributed by atoms with Crippen LogP contribution in [0.1, 0.15) is 25.7 Å². The summed E-state index contributed by atoms with van der Waals surface area (Å²) >= 11 is 4.23. The van der Waals surface area contributed by atoms with Gasteiger partial charge in [-0.25, -0.2) is 0 Å². The molecule has 5 nitrogen and oxygen atoms in total. The van der Waals surface area contributed by atoms with Crippen LogP contribution in [0, 0.1) is 17.8 Å². The average Bonchev–Trinajstić information content (AvgIpc) is 3.25. The van der Waals surface area contributed by atoms with Gasteiger partial charge in [0.2, 0.25) is 0 Å². The lowest BCUT2D eigenvalue weighted by Gasteiger charge is -2.25. The lowest BCUT2D eigenvalue weighted by atomic mass is 9.89. The fraction of sp³-hybridized carbons (Fsp3) is 0.450. The van der Waals surface area contributed by atoms with Crippen molar-refractivity contribution in [3.63, 3.8) is 0 Å². The molecule has 7 heteroatoms. The molecule has 146 valence electrons. The first-order valence-electron chi connectivity index (χ1n) is 9.10. The summed E-state index contributed by atoms with van der Waals surface area (Å²) in [7, 11) is 1.41. The normalized spacial score (nSPS) is 27.2. The number of hydrogen-bond acceptors (Lipinski definition) is 4. The van der Waals surface area contributed by atoms with Crippen LogP contribution in [0.2, 0.25) is 5.02 Å². The number of rotatable bonds is 9. The Labute approximate surface area is 167 Å². The summed E-state index contributed by atoms with van der Waals surface area (Å²) in [5.74, 6) is 1.42. The quantitative estimate of drug-likeness (QED) is 0.380. The molecule has 0 heterocycles. The Morgan fingerprint density at radius 1 is 1.30 bits per heavy atom. The maximum atomic E-state index is 12.4. The van der Waals surface area contributed by atoms with E-state index in [0.717, 1.165) is 19.3 Å². The maximum Gasteiger partial charge on any atom is 0.305 e. The van der Waals surface area contributed by atoms with Crippen LogP contribution in [0.3, 0.4) is 0 Å². The number of unbranched alkanes of at least 4 members (excludes halogenated alkanes) is 1. The summed E-state index contributed by atoms with van der Waals surface area (Å²) in [6.45, 7) is 0. The second kappa shape index (κ2) is 9.53. The molecule has 4 unspecified atom stereocenters. The van der Waals surface area contributed by atoms with Gasteiger partial charge in [-0.15, -0.1) is 0 Å². The van der Waals surface area contributed by atoms with Gasteiger partial charge in [0.1, 0.15) is 5.75 Å². The number of hydrogen-bond donors (Lipinski definition) is 1. The first-order valence-corrected chi connectivity index (χ1v) is 10.6. The van der Waals surface area contributed by atoms with E-state index in [9.17, 15) is 9.00 Å². The minimum Gasteiger partial charge on any atom is -0.469 e.